The highest BCUT2D eigenvalue weighted by Gasteiger charge is 2.13. The van der Waals surface area contributed by atoms with E-state index in [9.17, 15) is 0 Å². The van der Waals surface area contributed by atoms with E-state index >= 15 is 0 Å². The van der Waals surface area contributed by atoms with Crippen LogP contribution in [0.5, 0.6) is 0 Å². The van der Waals surface area contributed by atoms with E-state index in [1.54, 1.807) is 6.20 Å². The van der Waals surface area contributed by atoms with E-state index in [0.29, 0.717) is 16.8 Å². The molecule has 1 fully saturated rings. The molecule has 0 bridgehead atoms. The maximum Gasteiger partial charge on any atom is 0.227 e. The van der Waals surface area contributed by atoms with Crippen LogP contribution in [0.1, 0.15) is 19.3 Å². The van der Waals surface area contributed by atoms with E-state index in [-0.39, 0.29) is 0 Å². The molecular formula is C9H13ClN4. The SMILES string of the molecule is Nc1nc(N2CCCCC2)ncc1Cl. The third-order valence-corrected chi connectivity index (χ3v) is 2.69. The lowest BCUT2D eigenvalue weighted by atomic mass is 10.1. The molecule has 0 aromatic carbocycles. The van der Waals surface area contributed by atoms with Crippen molar-refractivity contribution in [2.75, 3.05) is 23.7 Å². The summed E-state index contributed by atoms with van der Waals surface area (Å²) in [5, 5.41) is 0.422. The van der Waals surface area contributed by atoms with Crippen LogP contribution in [0.15, 0.2) is 6.20 Å². The Bertz CT molecular complexity index is 323. The lowest BCUT2D eigenvalue weighted by Crippen LogP contribution is -2.31. The van der Waals surface area contributed by atoms with Gasteiger partial charge in [0.05, 0.1) is 6.20 Å². The van der Waals surface area contributed by atoms with E-state index in [0.717, 1.165) is 13.1 Å². The summed E-state index contributed by atoms with van der Waals surface area (Å²) in [4.78, 5) is 10.5. The standard InChI is InChI=1S/C9H13ClN4/c10-7-6-12-9(13-8(7)11)14-4-2-1-3-5-14/h6H,1-5H2,(H2,11,12,13). The van der Waals surface area contributed by atoms with Gasteiger partial charge in [-0.15, -0.1) is 0 Å². The van der Waals surface area contributed by atoms with E-state index in [2.05, 4.69) is 14.9 Å². The molecule has 0 amide bonds. The monoisotopic (exact) mass is 212 g/mol. The van der Waals surface area contributed by atoms with Crippen molar-refractivity contribution in [1.29, 1.82) is 0 Å². The number of hydrogen-bond acceptors (Lipinski definition) is 4. The molecule has 0 saturated carbocycles. The van der Waals surface area contributed by atoms with Crippen molar-refractivity contribution in [2.45, 2.75) is 19.3 Å². The van der Waals surface area contributed by atoms with Crippen molar-refractivity contribution in [3.63, 3.8) is 0 Å². The molecule has 2 N–H and O–H groups in total. The number of piperidine rings is 1. The fraction of sp³-hybridized carbons (Fsp3) is 0.556. The molecule has 1 aliphatic rings. The predicted octanol–water partition coefficient (Wildman–Crippen LogP) is 1.70. The van der Waals surface area contributed by atoms with Crippen LogP contribution in [0, 0.1) is 0 Å². The van der Waals surface area contributed by atoms with Crippen LogP contribution in [0.25, 0.3) is 0 Å². The molecule has 4 nitrogen and oxygen atoms in total. The summed E-state index contributed by atoms with van der Waals surface area (Å²) in [6, 6.07) is 0. The van der Waals surface area contributed by atoms with Gasteiger partial charge in [-0.25, -0.2) is 4.98 Å². The van der Waals surface area contributed by atoms with Crippen LogP contribution in [-0.4, -0.2) is 23.1 Å². The molecule has 5 heteroatoms. The molecule has 0 radical (unpaired) electrons. The number of aromatic nitrogens is 2. The Hall–Kier alpha value is -1.03. The predicted molar refractivity (Wildman–Crippen MR) is 57.5 cm³/mol. The third kappa shape index (κ3) is 1.90. The lowest BCUT2D eigenvalue weighted by Gasteiger charge is -2.26. The summed E-state index contributed by atoms with van der Waals surface area (Å²) < 4.78 is 0. The zero-order valence-corrected chi connectivity index (χ0v) is 8.67. The van der Waals surface area contributed by atoms with Gasteiger partial charge in [0.15, 0.2) is 0 Å². The number of nitrogen functional groups attached to an aromatic ring is 1. The normalized spacial score (nSPS) is 17.1. The zero-order chi connectivity index (χ0) is 9.97. The van der Waals surface area contributed by atoms with Crippen molar-refractivity contribution in [3.05, 3.63) is 11.2 Å². The number of nitrogens with two attached hydrogens (primary N) is 1. The minimum absolute atomic E-state index is 0.363. The highest BCUT2D eigenvalue weighted by Crippen LogP contribution is 2.20. The number of halogens is 1. The van der Waals surface area contributed by atoms with Gasteiger partial charge in [-0.05, 0) is 19.3 Å². The summed E-state index contributed by atoms with van der Waals surface area (Å²) in [5.74, 6) is 1.06. The first-order chi connectivity index (χ1) is 6.77. The first kappa shape index (κ1) is 9.52. The molecule has 76 valence electrons. The Morgan fingerprint density at radius 3 is 2.64 bits per heavy atom. The topological polar surface area (TPSA) is 55.0 Å². The zero-order valence-electron chi connectivity index (χ0n) is 7.91. The van der Waals surface area contributed by atoms with E-state index in [4.69, 9.17) is 17.3 Å². The Kier molecular flexibility index (Phi) is 2.72. The van der Waals surface area contributed by atoms with Crippen LogP contribution in [0.3, 0.4) is 0 Å². The smallest absolute Gasteiger partial charge is 0.227 e. The van der Waals surface area contributed by atoms with Gasteiger partial charge in [-0.3, -0.25) is 0 Å². The second kappa shape index (κ2) is 4.00. The average Bonchev–Trinajstić information content (AvgIpc) is 2.23. The minimum Gasteiger partial charge on any atom is -0.382 e. The molecule has 0 atom stereocenters. The van der Waals surface area contributed by atoms with E-state index in [1.165, 1.54) is 19.3 Å². The molecule has 2 rings (SSSR count). The Morgan fingerprint density at radius 2 is 2.00 bits per heavy atom. The van der Waals surface area contributed by atoms with Gasteiger partial charge in [-0.1, -0.05) is 11.6 Å². The fourth-order valence-corrected chi connectivity index (χ4v) is 1.71. The Balaban J connectivity index is 2.18. The lowest BCUT2D eigenvalue weighted by molar-refractivity contribution is 0.568. The van der Waals surface area contributed by atoms with Crippen LogP contribution >= 0.6 is 11.6 Å². The van der Waals surface area contributed by atoms with Gasteiger partial charge in [0.1, 0.15) is 10.8 Å². The van der Waals surface area contributed by atoms with Gasteiger partial charge in [0, 0.05) is 13.1 Å². The molecular weight excluding hydrogens is 200 g/mol. The maximum absolute atomic E-state index is 5.75. The third-order valence-electron chi connectivity index (χ3n) is 2.40. The molecule has 14 heavy (non-hydrogen) atoms. The summed E-state index contributed by atoms with van der Waals surface area (Å²) in [7, 11) is 0. The number of rotatable bonds is 1. The van der Waals surface area contributed by atoms with Crippen molar-refractivity contribution in [2.24, 2.45) is 0 Å². The molecule has 1 aromatic heterocycles. The largest absolute Gasteiger partial charge is 0.382 e. The number of hydrogen-bond donors (Lipinski definition) is 1. The highest BCUT2D eigenvalue weighted by atomic mass is 35.5. The average molecular weight is 213 g/mol. The second-order valence-corrected chi connectivity index (χ2v) is 3.86. The maximum atomic E-state index is 5.75. The molecule has 1 aliphatic heterocycles. The summed E-state index contributed by atoms with van der Waals surface area (Å²) >= 11 is 5.75. The van der Waals surface area contributed by atoms with Crippen molar-refractivity contribution in [3.8, 4) is 0 Å². The molecule has 0 aliphatic carbocycles. The molecule has 2 heterocycles. The highest BCUT2D eigenvalue weighted by molar-refractivity contribution is 6.32. The van der Waals surface area contributed by atoms with Gasteiger partial charge in [0.2, 0.25) is 5.95 Å². The number of nitrogens with zero attached hydrogens (tertiary/aromatic N) is 3. The molecule has 0 spiro atoms. The van der Waals surface area contributed by atoms with Crippen molar-refractivity contribution < 1.29 is 0 Å². The van der Waals surface area contributed by atoms with Crippen molar-refractivity contribution >= 4 is 23.4 Å². The minimum atomic E-state index is 0.363. The summed E-state index contributed by atoms with van der Waals surface area (Å²) in [6.45, 7) is 2.03. The first-order valence-corrected chi connectivity index (χ1v) is 5.18. The van der Waals surface area contributed by atoms with Crippen LogP contribution < -0.4 is 10.6 Å². The second-order valence-electron chi connectivity index (χ2n) is 3.45. The summed E-state index contributed by atoms with van der Waals surface area (Å²) in [5.41, 5.74) is 5.62. The number of anilines is 2. The van der Waals surface area contributed by atoms with Gasteiger partial charge < -0.3 is 10.6 Å². The fourth-order valence-electron chi connectivity index (χ4n) is 1.62. The Labute approximate surface area is 88.1 Å². The van der Waals surface area contributed by atoms with E-state index in [1.807, 2.05) is 0 Å². The molecule has 0 unspecified atom stereocenters. The van der Waals surface area contributed by atoms with Gasteiger partial charge >= 0.3 is 0 Å². The Morgan fingerprint density at radius 1 is 1.29 bits per heavy atom. The van der Waals surface area contributed by atoms with Crippen LogP contribution in [0.4, 0.5) is 11.8 Å². The molecule has 1 aromatic rings. The first-order valence-electron chi connectivity index (χ1n) is 4.80. The van der Waals surface area contributed by atoms with Gasteiger partial charge in [0.25, 0.3) is 0 Å². The summed E-state index contributed by atoms with van der Waals surface area (Å²) in [6.07, 6.45) is 5.26. The van der Waals surface area contributed by atoms with Crippen LogP contribution in [0.2, 0.25) is 5.02 Å². The van der Waals surface area contributed by atoms with Gasteiger partial charge in [-0.2, -0.15) is 4.98 Å². The van der Waals surface area contributed by atoms with Crippen molar-refractivity contribution in [1.82, 2.24) is 9.97 Å². The van der Waals surface area contributed by atoms with E-state index < -0.39 is 0 Å². The quantitative estimate of drug-likeness (QED) is 0.770. The van der Waals surface area contributed by atoms with Crippen LogP contribution in [-0.2, 0) is 0 Å². The molecule has 1 saturated heterocycles.